The van der Waals surface area contributed by atoms with Crippen LogP contribution in [0.3, 0.4) is 0 Å². The minimum absolute atomic E-state index is 0.00759. The van der Waals surface area contributed by atoms with Gasteiger partial charge in [0, 0.05) is 39.3 Å². The number of likely N-dealkylation sites (tertiary alicyclic amines) is 1. The van der Waals surface area contributed by atoms with E-state index in [2.05, 4.69) is 37.3 Å². The summed E-state index contributed by atoms with van der Waals surface area (Å²) in [6.45, 7) is 11.6. The molecule has 1 aromatic heterocycles. The van der Waals surface area contributed by atoms with Gasteiger partial charge in [-0.15, -0.1) is 0 Å². The molecule has 3 rings (SSSR count). The van der Waals surface area contributed by atoms with Gasteiger partial charge in [0.05, 0.1) is 19.3 Å². The van der Waals surface area contributed by atoms with Crippen molar-refractivity contribution in [3.63, 3.8) is 0 Å². The number of nitriles is 1. The predicted molar refractivity (Wildman–Crippen MR) is 112 cm³/mol. The SMILES string of the molecule is CC(C)(C)OC(=O)N1CC[C@H](n2nc(Br)c(C#N)c2NCCN2CCOCC2)C1. The summed E-state index contributed by atoms with van der Waals surface area (Å²) in [5.74, 6) is 0.698. The molecule has 3 heterocycles. The number of hydrogen-bond donors (Lipinski definition) is 1. The zero-order chi connectivity index (χ0) is 21.0. The maximum Gasteiger partial charge on any atom is 0.410 e. The summed E-state index contributed by atoms with van der Waals surface area (Å²) in [7, 11) is 0. The largest absolute Gasteiger partial charge is 0.444 e. The predicted octanol–water partition coefficient (Wildman–Crippen LogP) is 2.44. The third kappa shape index (κ3) is 5.62. The lowest BCUT2D eigenvalue weighted by Gasteiger charge is -2.27. The van der Waals surface area contributed by atoms with Gasteiger partial charge in [-0.05, 0) is 43.1 Å². The first-order valence-corrected chi connectivity index (χ1v) is 10.8. The van der Waals surface area contributed by atoms with Crippen molar-refractivity contribution in [3.8, 4) is 6.07 Å². The number of ether oxygens (including phenoxy) is 2. The Kier molecular flexibility index (Phi) is 7.03. The standard InChI is InChI=1S/C19H29BrN6O3/c1-19(2,3)29-18(27)25-6-4-14(13-25)26-17(15(12-21)16(20)23-26)22-5-7-24-8-10-28-11-9-24/h14,22H,4-11,13H2,1-3H3/t14-/m0/s1. The van der Waals surface area contributed by atoms with Crippen molar-refractivity contribution in [2.24, 2.45) is 0 Å². The maximum atomic E-state index is 12.4. The van der Waals surface area contributed by atoms with Crippen LogP contribution in [0.2, 0.25) is 0 Å². The number of halogens is 1. The first-order valence-electron chi connectivity index (χ1n) is 9.98. The van der Waals surface area contributed by atoms with Gasteiger partial charge in [0.2, 0.25) is 0 Å². The Hall–Kier alpha value is -1.83. The molecule has 2 aliphatic heterocycles. The molecule has 0 unspecified atom stereocenters. The normalized spacial score (nSPS) is 20.5. The fourth-order valence-electron chi connectivity index (χ4n) is 3.53. The van der Waals surface area contributed by atoms with E-state index >= 15 is 0 Å². The van der Waals surface area contributed by atoms with Crippen molar-refractivity contribution in [1.82, 2.24) is 19.6 Å². The smallest absolute Gasteiger partial charge is 0.410 e. The number of carbonyl (C=O) groups excluding carboxylic acids is 1. The van der Waals surface area contributed by atoms with Crippen molar-refractivity contribution in [1.29, 1.82) is 5.26 Å². The minimum atomic E-state index is -0.524. The number of rotatable bonds is 5. The number of nitrogens with one attached hydrogen (secondary N) is 1. The average Bonchev–Trinajstić information content (AvgIpc) is 3.26. The quantitative estimate of drug-likeness (QED) is 0.708. The zero-order valence-corrected chi connectivity index (χ0v) is 18.9. The molecule has 2 saturated heterocycles. The number of nitrogens with zero attached hydrogens (tertiary/aromatic N) is 5. The van der Waals surface area contributed by atoms with Gasteiger partial charge in [-0.25, -0.2) is 9.48 Å². The summed E-state index contributed by atoms with van der Waals surface area (Å²) in [6, 6.07) is 2.22. The number of aromatic nitrogens is 2. The molecule has 0 spiro atoms. The van der Waals surface area contributed by atoms with E-state index in [-0.39, 0.29) is 12.1 Å². The van der Waals surface area contributed by atoms with E-state index < -0.39 is 5.60 Å². The van der Waals surface area contributed by atoms with Crippen molar-refractivity contribution in [3.05, 3.63) is 10.2 Å². The Bertz CT molecular complexity index is 763. The van der Waals surface area contributed by atoms with Crippen LogP contribution in [0.25, 0.3) is 0 Å². The zero-order valence-electron chi connectivity index (χ0n) is 17.3. The van der Waals surface area contributed by atoms with Gasteiger partial charge < -0.3 is 19.7 Å². The van der Waals surface area contributed by atoms with Gasteiger partial charge >= 0.3 is 6.09 Å². The van der Waals surface area contributed by atoms with E-state index in [9.17, 15) is 10.1 Å². The fourth-order valence-corrected chi connectivity index (χ4v) is 3.98. The second-order valence-corrected chi connectivity index (χ2v) is 9.07. The lowest BCUT2D eigenvalue weighted by molar-refractivity contribution is 0.0288. The third-order valence-electron chi connectivity index (χ3n) is 4.96. The third-order valence-corrected chi connectivity index (χ3v) is 5.52. The molecule has 160 valence electrons. The van der Waals surface area contributed by atoms with Crippen LogP contribution in [-0.4, -0.2) is 83.8 Å². The van der Waals surface area contributed by atoms with E-state index in [1.807, 2.05) is 25.5 Å². The van der Waals surface area contributed by atoms with Crippen LogP contribution in [0.15, 0.2) is 4.60 Å². The summed E-state index contributed by atoms with van der Waals surface area (Å²) >= 11 is 3.40. The second-order valence-electron chi connectivity index (χ2n) is 8.32. The first-order chi connectivity index (χ1) is 13.8. The van der Waals surface area contributed by atoms with Crippen LogP contribution in [-0.2, 0) is 9.47 Å². The molecule has 1 N–H and O–H groups in total. The summed E-state index contributed by atoms with van der Waals surface area (Å²) in [4.78, 5) is 16.4. The number of carbonyl (C=O) groups is 1. The number of anilines is 1. The van der Waals surface area contributed by atoms with E-state index in [1.165, 1.54) is 0 Å². The van der Waals surface area contributed by atoms with Gasteiger partial charge in [-0.2, -0.15) is 10.4 Å². The molecule has 9 nitrogen and oxygen atoms in total. The van der Waals surface area contributed by atoms with Gasteiger partial charge in [-0.3, -0.25) is 4.90 Å². The van der Waals surface area contributed by atoms with E-state index in [0.29, 0.717) is 35.6 Å². The van der Waals surface area contributed by atoms with Gasteiger partial charge in [0.1, 0.15) is 27.7 Å². The van der Waals surface area contributed by atoms with E-state index in [4.69, 9.17) is 9.47 Å². The lowest BCUT2D eigenvalue weighted by atomic mass is 10.2. The Morgan fingerprint density at radius 2 is 2.10 bits per heavy atom. The highest BCUT2D eigenvalue weighted by molar-refractivity contribution is 9.10. The Balaban J connectivity index is 1.66. The molecular formula is C19H29BrN6O3. The number of morpholine rings is 1. The molecule has 0 saturated carbocycles. The molecule has 0 radical (unpaired) electrons. The molecule has 1 atom stereocenters. The molecule has 10 heteroatoms. The van der Waals surface area contributed by atoms with Crippen molar-refractivity contribution in [2.45, 2.75) is 38.8 Å². The van der Waals surface area contributed by atoms with Crippen LogP contribution >= 0.6 is 15.9 Å². The summed E-state index contributed by atoms with van der Waals surface area (Å²) < 4.78 is 13.2. The van der Waals surface area contributed by atoms with Gasteiger partial charge in [-0.1, -0.05) is 0 Å². The van der Waals surface area contributed by atoms with Crippen LogP contribution in [0.1, 0.15) is 38.8 Å². The highest BCUT2D eigenvalue weighted by Crippen LogP contribution is 2.31. The molecular weight excluding hydrogens is 440 g/mol. The van der Waals surface area contributed by atoms with Crippen LogP contribution < -0.4 is 5.32 Å². The topological polar surface area (TPSA) is 95.7 Å². The highest BCUT2D eigenvalue weighted by Gasteiger charge is 2.33. The maximum absolute atomic E-state index is 12.4. The molecule has 1 aromatic rings. The summed E-state index contributed by atoms with van der Waals surface area (Å²) in [5.41, 5.74) is -0.0351. The van der Waals surface area contributed by atoms with Crippen molar-refractivity contribution >= 4 is 27.8 Å². The summed E-state index contributed by atoms with van der Waals surface area (Å²) in [6.07, 6.45) is 0.449. The number of amides is 1. The first kappa shape index (κ1) is 21.9. The Morgan fingerprint density at radius 3 is 2.76 bits per heavy atom. The van der Waals surface area contributed by atoms with Gasteiger partial charge in [0.15, 0.2) is 0 Å². The van der Waals surface area contributed by atoms with Crippen molar-refractivity contribution in [2.75, 3.05) is 57.8 Å². The molecule has 2 fully saturated rings. The highest BCUT2D eigenvalue weighted by atomic mass is 79.9. The molecule has 0 aromatic carbocycles. The molecule has 0 bridgehead atoms. The van der Waals surface area contributed by atoms with Crippen LogP contribution in [0.4, 0.5) is 10.6 Å². The lowest BCUT2D eigenvalue weighted by Crippen LogP contribution is -2.39. The summed E-state index contributed by atoms with van der Waals surface area (Å²) in [5, 5.41) is 17.5. The van der Waals surface area contributed by atoms with E-state index in [1.54, 1.807) is 4.90 Å². The second kappa shape index (κ2) is 9.32. The molecule has 2 aliphatic rings. The van der Waals surface area contributed by atoms with Crippen LogP contribution in [0, 0.1) is 11.3 Å². The Morgan fingerprint density at radius 1 is 1.38 bits per heavy atom. The van der Waals surface area contributed by atoms with Crippen molar-refractivity contribution < 1.29 is 14.3 Å². The monoisotopic (exact) mass is 468 g/mol. The van der Waals surface area contributed by atoms with Gasteiger partial charge in [0.25, 0.3) is 0 Å². The molecule has 1 amide bonds. The number of hydrogen-bond acceptors (Lipinski definition) is 7. The van der Waals surface area contributed by atoms with Crippen LogP contribution in [0.5, 0.6) is 0 Å². The molecule has 0 aliphatic carbocycles. The minimum Gasteiger partial charge on any atom is -0.444 e. The fraction of sp³-hybridized carbons (Fsp3) is 0.737. The Labute approximate surface area is 180 Å². The molecule has 29 heavy (non-hydrogen) atoms. The average molecular weight is 469 g/mol. The van der Waals surface area contributed by atoms with E-state index in [0.717, 1.165) is 39.3 Å².